The summed E-state index contributed by atoms with van der Waals surface area (Å²) in [6.07, 6.45) is 1.60. The number of rotatable bonds is 6. The third kappa shape index (κ3) is 3.60. The van der Waals surface area contributed by atoms with Crippen molar-refractivity contribution >= 4 is 5.97 Å². The third-order valence-electron chi connectivity index (χ3n) is 2.19. The molecule has 0 saturated heterocycles. The largest absolute Gasteiger partial charge is 0.493 e. The van der Waals surface area contributed by atoms with Gasteiger partial charge in [-0.05, 0) is 7.05 Å². The molecule has 17 heavy (non-hydrogen) atoms. The van der Waals surface area contributed by atoms with Gasteiger partial charge in [-0.15, -0.1) is 0 Å². The van der Waals surface area contributed by atoms with Gasteiger partial charge >= 0.3 is 5.97 Å². The molecule has 1 aromatic rings. The minimum Gasteiger partial charge on any atom is -0.493 e. The van der Waals surface area contributed by atoms with Crippen LogP contribution in [0.15, 0.2) is 12.3 Å². The third-order valence-corrected chi connectivity index (χ3v) is 2.19. The van der Waals surface area contributed by atoms with Gasteiger partial charge in [-0.1, -0.05) is 0 Å². The number of likely N-dealkylation sites (N-methyl/N-ethyl adjacent to an activating group) is 1. The summed E-state index contributed by atoms with van der Waals surface area (Å²) in [6.45, 7) is 0.328. The van der Waals surface area contributed by atoms with Gasteiger partial charge in [0.2, 0.25) is 0 Å². The van der Waals surface area contributed by atoms with E-state index in [9.17, 15) is 4.79 Å². The molecule has 0 bridgehead atoms. The van der Waals surface area contributed by atoms with Crippen LogP contribution in [0.2, 0.25) is 0 Å². The zero-order chi connectivity index (χ0) is 12.8. The fourth-order valence-corrected chi connectivity index (χ4v) is 1.51. The molecule has 94 valence electrons. The molecular weight excluding hydrogens is 224 g/mol. The fraction of sp³-hybridized carbons (Fsp3) is 0.455. The van der Waals surface area contributed by atoms with Gasteiger partial charge in [0.25, 0.3) is 0 Å². The van der Waals surface area contributed by atoms with Gasteiger partial charge in [0.05, 0.1) is 20.8 Å². The minimum absolute atomic E-state index is 0.0535. The predicted molar refractivity (Wildman–Crippen MR) is 61.3 cm³/mol. The molecule has 1 N–H and O–H groups in total. The van der Waals surface area contributed by atoms with Crippen molar-refractivity contribution in [3.8, 4) is 11.5 Å². The van der Waals surface area contributed by atoms with Crippen molar-refractivity contribution in [2.45, 2.75) is 6.54 Å². The average Bonchev–Trinajstić information content (AvgIpc) is 2.27. The molecule has 0 aliphatic heterocycles. The minimum atomic E-state index is -0.880. The lowest BCUT2D eigenvalue weighted by atomic mass is 10.3. The van der Waals surface area contributed by atoms with E-state index in [-0.39, 0.29) is 6.54 Å². The Hall–Kier alpha value is -1.82. The summed E-state index contributed by atoms with van der Waals surface area (Å²) < 4.78 is 10.4. The molecule has 1 rings (SSSR count). The first-order chi connectivity index (χ1) is 8.08. The summed E-state index contributed by atoms with van der Waals surface area (Å²) in [5.41, 5.74) is 0.649. The SMILES string of the molecule is COc1ccnc(CN(C)CC(=O)O)c1OC. The first kappa shape index (κ1) is 13.2. The molecule has 0 atom stereocenters. The molecular formula is C11H16N2O4. The first-order valence-electron chi connectivity index (χ1n) is 5.04. The molecule has 0 spiro atoms. The number of hydrogen-bond acceptors (Lipinski definition) is 5. The molecule has 0 aliphatic rings. The number of aliphatic carboxylic acids is 1. The number of pyridine rings is 1. The maximum absolute atomic E-state index is 10.6. The van der Waals surface area contributed by atoms with Crippen molar-refractivity contribution in [3.63, 3.8) is 0 Å². The van der Waals surface area contributed by atoms with E-state index in [1.54, 1.807) is 31.3 Å². The summed E-state index contributed by atoms with van der Waals surface area (Å²) in [6, 6.07) is 1.69. The average molecular weight is 240 g/mol. The molecule has 0 aromatic carbocycles. The Morgan fingerprint density at radius 2 is 2.18 bits per heavy atom. The number of carbonyl (C=O) groups is 1. The van der Waals surface area contributed by atoms with Crippen molar-refractivity contribution in [1.29, 1.82) is 0 Å². The molecule has 0 radical (unpaired) electrons. The molecule has 1 aromatic heterocycles. The smallest absolute Gasteiger partial charge is 0.317 e. The van der Waals surface area contributed by atoms with Crippen LogP contribution in [-0.4, -0.2) is 48.8 Å². The van der Waals surface area contributed by atoms with Crippen LogP contribution in [0.4, 0.5) is 0 Å². The van der Waals surface area contributed by atoms with Gasteiger partial charge in [0.1, 0.15) is 5.69 Å². The van der Waals surface area contributed by atoms with Gasteiger partial charge in [-0.25, -0.2) is 0 Å². The fourth-order valence-electron chi connectivity index (χ4n) is 1.51. The molecule has 0 saturated carbocycles. The molecule has 6 heteroatoms. The predicted octanol–water partition coefficient (Wildman–Crippen LogP) is 0.615. The van der Waals surface area contributed by atoms with Crippen molar-refractivity contribution in [2.24, 2.45) is 0 Å². The van der Waals surface area contributed by atoms with Crippen molar-refractivity contribution in [3.05, 3.63) is 18.0 Å². The number of ether oxygens (including phenoxy) is 2. The van der Waals surface area contributed by atoms with E-state index in [1.165, 1.54) is 7.11 Å². The zero-order valence-corrected chi connectivity index (χ0v) is 10.1. The summed E-state index contributed by atoms with van der Waals surface area (Å²) in [5, 5.41) is 8.67. The Bertz CT molecular complexity index is 395. The van der Waals surface area contributed by atoms with Gasteiger partial charge in [-0.2, -0.15) is 0 Å². The zero-order valence-electron chi connectivity index (χ0n) is 10.1. The Kier molecular flexibility index (Phi) is 4.71. The highest BCUT2D eigenvalue weighted by atomic mass is 16.5. The Balaban J connectivity index is 2.86. The second-order valence-electron chi connectivity index (χ2n) is 3.56. The Labute approximate surface area is 99.8 Å². The maximum atomic E-state index is 10.6. The second-order valence-corrected chi connectivity index (χ2v) is 3.56. The number of aromatic nitrogens is 1. The normalized spacial score (nSPS) is 10.4. The topological polar surface area (TPSA) is 71.9 Å². The quantitative estimate of drug-likeness (QED) is 0.785. The number of methoxy groups -OCH3 is 2. The lowest BCUT2D eigenvalue weighted by molar-refractivity contribution is -0.138. The molecule has 0 aliphatic carbocycles. The number of nitrogens with zero attached hydrogens (tertiary/aromatic N) is 2. The maximum Gasteiger partial charge on any atom is 0.317 e. The van der Waals surface area contributed by atoms with Gasteiger partial charge in [0, 0.05) is 18.8 Å². The van der Waals surface area contributed by atoms with Gasteiger partial charge < -0.3 is 14.6 Å². The van der Waals surface area contributed by atoms with E-state index in [4.69, 9.17) is 14.6 Å². The summed E-state index contributed by atoms with van der Waals surface area (Å²) >= 11 is 0. The van der Waals surface area contributed by atoms with Crippen LogP contribution in [0.5, 0.6) is 11.5 Å². The van der Waals surface area contributed by atoms with Crippen molar-refractivity contribution < 1.29 is 19.4 Å². The van der Waals surface area contributed by atoms with E-state index in [2.05, 4.69) is 4.98 Å². The standard InChI is InChI=1S/C11H16N2O4/c1-13(7-10(14)15)6-8-11(17-3)9(16-2)4-5-12-8/h4-5H,6-7H2,1-3H3,(H,14,15). The van der Waals surface area contributed by atoms with E-state index >= 15 is 0 Å². The highest BCUT2D eigenvalue weighted by molar-refractivity contribution is 5.69. The lowest BCUT2D eigenvalue weighted by Crippen LogP contribution is -2.25. The van der Waals surface area contributed by atoms with Crippen LogP contribution in [0.1, 0.15) is 5.69 Å². The van der Waals surface area contributed by atoms with Crippen molar-refractivity contribution in [1.82, 2.24) is 9.88 Å². The molecule has 6 nitrogen and oxygen atoms in total. The van der Waals surface area contributed by atoms with Crippen molar-refractivity contribution in [2.75, 3.05) is 27.8 Å². The van der Waals surface area contributed by atoms with Crippen LogP contribution in [0, 0.1) is 0 Å². The summed E-state index contributed by atoms with van der Waals surface area (Å²) in [7, 11) is 4.78. The molecule has 0 unspecified atom stereocenters. The van der Waals surface area contributed by atoms with Gasteiger partial charge in [0.15, 0.2) is 11.5 Å². The Morgan fingerprint density at radius 3 is 2.71 bits per heavy atom. The highest BCUT2D eigenvalue weighted by Gasteiger charge is 2.14. The van der Waals surface area contributed by atoms with E-state index < -0.39 is 5.97 Å². The van der Waals surface area contributed by atoms with E-state index in [0.717, 1.165) is 0 Å². The molecule has 0 fully saturated rings. The Morgan fingerprint density at radius 1 is 1.47 bits per heavy atom. The van der Waals surface area contributed by atoms with Crippen LogP contribution >= 0.6 is 0 Å². The van der Waals surface area contributed by atoms with E-state index in [0.29, 0.717) is 23.7 Å². The van der Waals surface area contributed by atoms with Crippen LogP contribution in [0.3, 0.4) is 0 Å². The number of carboxylic acids is 1. The van der Waals surface area contributed by atoms with E-state index in [1.807, 2.05) is 0 Å². The first-order valence-corrected chi connectivity index (χ1v) is 5.04. The highest BCUT2D eigenvalue weighted by Crippen LogP contribution is 2.29. The summed E-state index contributed by atoms with van der Waals surface area (Å²) in [4.78, 5) is 16.4. The second kappa shape index (κ2) is 6.05. The molecule has 1 heterocycles. The summed E-state index contributed by atoms with van der Waals surface area (Å²) in [5.74, 6) is 0.239. The monoisotopic (exact) mass is 240 g/mol. The number of carboxylic acid groups (broad SMARTS) is 1. The van der Waals surface area contributed by atoms with Crippen LogP contribution < -0.4 is 9.47 Å². The lowest BCUT2D eigenvalue weighted by Gasteiger charge is -2.16. The van der Waals surface area contributed by atoms with Gasteiger partial charge in [-0.3, -0.25) is 14.7 Å². The van der Waals surface area contributed by atoms with Crippen LogP contribution in [0.25, 0.3) is 0 Å². The molecule has 0 amide bonds. The number of hydrogen-bond donors (Lipinski definition) is 1. The van der Waals surface area contributed by atoms with Crippen LogP contribution in [-0.2, 0) is 11.3 Å².